The number of methoxy groups -OCH3 is 2. The van der Waals surface area contributed by atoms with Gasteiger partial charge in [0.15, 0.2) is 11.5 Å². The average Bonchev–Trinajstić information content (AvgIpc) is 3.10. The van der Waals surface area contributed by atoms with Crippen molar-refractivity contribution in [2.24, 2.45) is 0 Å². The third kappa shape index (κ3) is 3.91. The van der Waals surface area contributed by atoms with Gasteiger partial charge in [0.25, 0.3) is 0 Å². The second-order valence-electron chi connectivity index (χ2n) is 7.21. The second kappa shape index (κ2) is 8.70. The summed E-state index contributed by atoms with van der Waals surface area (Å²) < 4.78 is 23.0. The van der Waals surface area contributed by atoms with E-state index in [1.54, 1.807) is 21.1 Å². The minimum absolute atomic E-state index is 0.281. The number of ether oxygens (including phenoxy) is 3. The Morgan fingerprint density at radius 3 is 2.57 bits per heavy atom. The van der Waals surface area contributed by atoms with E-state index in [2.05, 4.69) is 26.9 Å². The Bertz CT molecular complexity index is 1090. The minimum atomic E-state index is -0.427. The first-order valence-electron chi connectivity index (χ1n) is 9.88. The summed E-state index contributed by atoms with van der Waals surface area (Å²) in [6.45, 7) is 4.30. The maximum atomic E-state index is 12.5. The third-order valence-corrected chi connectivity index (χ3v) is 5.89. The molecule has 0 saturated heterocycles. The van der Waals surface area contributed by atoms with Crippen molar-refractivity contribution < 1.29 is 23.4 Å². The molecule has 4 rings (SSSR count). The predicted molar refractivity (Wildman–Crippen MR) is 117 cm³/mol. The van der Waals surface area contributed by atoms with E-state index >= 15 is 0 Å². The van der Waals surface area contributed by atoms with Gasteiger partial charge in [-0.05, 0) is 54.8 Å². The van der Waals surface area contributed by atoms with Crippen LogP contribution in [-0.2, 0) is 24.2 Å². The van der Waals surface area contributed by atoms with Crippen LogP contribution in [0.2, 0.25) is 0 Å². The highest BCUT2D eigenvalue weighted by atomic mass is 79.9. The zero-order valence-corrected chi connectivity index (χ0v) is 18.9. The van der Waals surface area contributed by atoms with Gasteiger partial charge in [-0.1, -0.05) is 15.9 Å². The van der Waals surface area contributed by atoms with Crippen molar-refractivity contribution in [2.45, 2.75) is 26.4 Å². The Morgan fingerprint density at radius 2 is 1.87 bits per heavy atom. The van der Waals surface area contributed by atoms with Gasteiger partial charge in [-0.15, -0.1) is 0 Å². The Hall–Kier alpha value is -2.51. The van der Waals surface area contributed by atoms with Gasteiger partial charge in [0.05, 0.1) is 20.8 Å². The van der Waals surface area contributed by atoms with Crippen molar-refractivity contribution in [3.8, 4) is 11.5 Å². The van der Waals surface area contributed by atoms with Crippen molar-refractivity contribution in [1.82, 2.24) is 4.90 Å². The summed E-state index contributed by atoms with van der Waals surface area (Å²) in [5, 5.41) is 0.922. The molecular weight excluding hydrogens is 450 g/mol. The van der Waals surface area contributed by atoms with Crippen LogP contribution in [0.5, 0.6) is 11.5 Å². The lowest BCUT2D eigenvalue weighted by Crippen LogP contribution is -2.30. The fourth-order valence-corrected chi connectivity index (χ4v) is 4.30. The van der Waals surface area contributed by atoms with Crippen molar-refractivity contribution >= 4 is 32.9 Å². The highest BCUT2D eigenvalue weighted by molar-refractivity contribution is 9.10. The molecule has 0 N–H and O–H groups in total. The zero-order chi connectivity index (χ0) is 21.3. The van der Waals surface area contributed by atoms with E-state index in [9.17, 15) is 4.79 Å². The largest absolute Gasteiger partial charge is 0.493 e. The summed E-state index contributed by atoms with van der Waals surface area (Å²) in [6.07, 6.45) is 0.893. The smallest absolute Gasteiger partial charge is 0.374 e. The molecule has 0 fully saturated rings. The quantitative estimate of drug-likeness (QED) is 0.472. The number of benzene rings is 2. The Balaban J connectivity index is 1.67. The SMILES string of the molecule is CCOC(=O)c1oc2ccc(Br)cc2c1CN1CCc2cc(OC)c(OC)cc2C1. The van der Waals surface area contributed by atoms with Crippen LogP contribution in [0.15, 0.2) is 39.2 Å². The predicted octanol–water partition coefficient (Wildman–Crippen LogP) is 4.95. The number of halogens is 1. The van der Waals surface area contributed by atoms with Crippen LogP contribution in [0.4, 0.5) is 0 Å². The van der Waals surface area contributed by atoms with Crippen LogP contribution >= 0.6 is 15.9 Å². The Morgan fingerprint density at radius 1 is 1.13 bits per heavy atom. The Kier molecular flexibility index (Phi) is 6.01. The van der Waals surface area contributed by atoms with Gasteiger partial charge in [-0.25, -0.2) is 4.79 Å². The maximum absolute atomic E-state index is 12.5. The van der Waals surface area contributed by atoms with Crippen molar-refractivity contribution in [3.63, 3.8) is 0 Å². The summed E-state index contributed by atoms with van der Waals surface area (Å²) in [7, 11) is 3.30. The van der Waals surface area contributed by atoms with E-state index in [0.29, 0.717) is 18.7 Å². The molecular formula is C23H24BrNO5. The van der Waals surface area contributed by atoms with E-state index in [1.165, 1.54) is 11.1 Å². The lowest BCUT2D eigenvalue weighted by molar-refractivity contribution is 0.0489. The van der Waals surface area contributed by atoms with Gasteiger partial charge in [-0.2, -0.15) is 0 Å². The van der Waals surface area contributed by atoms with Gasteiger partial charge in [-0.3, -0.25) is 4.90 Å². The van der Waals surface area contributed by atoms with Gasteiger partial charge in [0.2, 0.25) is 5.76 Å². The van der Waals surface area contributed by atoms with Gasteiger partial charge < -0.3 is 18.6 Å². The lowest BCUT2D eigenvalue weighted by Gasteiger charge is -2.29. The standard InChI is InChI=1S/C23H24BrNO5/c1-4-29-23(26)22-18(17-11-16(24)5-6-19(17)30-22)13-25-8-7-14-9-20(27-2)21(28-3)10-15(14)12-25/h5-6,9-11H,4,7-8,12-13H2,1-3H3. The highest BCUT2D eigenvalue weighted by Gasteiger charge is 2.26. The van der Waals surface area contributed by atoms with Gasteiger partial charge in [0.1, 0.15) is 5.58 Å². The summed E-state index contributed by atoms with van der Waals surface area (Å²) in [5.41, 5.74) is 3.99. The van der Waals surface area contributed by atoms with Crippen molar-refractivity contribution in [3.05, 3.63) is 57.3 Å². The molecule has 1 aliphatic rings. The normalized spacial score (nSPS) is 13.9. The zero-order valence-electron chi connectivity index (χ0n) is 17.3. The molecule has 0 atom stereocenters. The van der Waals surface area contributed by atoms with Crippen LogP contribution in [0.3, 0.4) is 0 Å². The number of rotatable bonds is 6. The number of hydrogen-bond donors (Lipinski definition) is 0. The first-order chi connectivity index (χ1) is 14.5. The molecule has 7 heteroatoms. The van der Waals surface area contributed by atoms with Gasteiger partial charge >= 0.3 is 5.97 Å². The van der Waals surface area contributed by atoms with E-state index in [4.69, 9.17) is 18.6 Å². The molecule has 0 aliphatic carbocycles. The number of furan rings is 1. The molecule has 0 bridgehead atoms. The topological polar surface area (TPSA) is 61.1 Å². The summed E-state index contributed by atoms with van der Waals surface area (Å²) in [6, 6.07) is 9.86. The number of nitrogens with zero attached hydrogens (tertiary/aromatic N) is 1. The number of hydrogen-bond acceptors (Lipinski definition) is 6. The molecule has 30 heavy (non-hydrogen) atoms. The fourth-order valence-electron chi connectivity index (χ4n) is 3.94. The van der Waals surface area contributed by atoms with E-state index in [0.717, 1.165) is 46.4 Å². The molecule has 0 saturated carbocycles. The average molecular weight is 474 g/mol. The molecule has 0 radical (unpaired) electrons. The molecule has 158 valence electrons. The summed E-state index contributed by atoms with van der Waals surface area (Å²) in [5.74, 6) is 1.33. The monoisotopic (exact) mass is 473 g/mol. The van der Waals surface area contributed by atoms with Crippen LogP contribution in [0, 0.1) is 0 Å². The van der Waals surface area contributed by atoms with Crippen LogP contribution in [0.25, 0.3) is 11.0 Å². The molecule has 1 aromatic heterocycles. The van der Waals surface area contributed by atoms with Gasteiger partial charge in [0, 0.05) is 35.1 Å². The summed E-state index contributed by atoms with van der Waals surface area (Å²) in [4.78, 5) is 14.8. The molecule has 3 aromatic rings. The van der Waals surface area contributed by atoms with Crippen LogP contribution in [-0.4, -0.2) is 38.2 Å². The fraction of sp³-hybridized carbons (Fsp3) is 0.348. The summed E-state index contributed by atoms with van der Waals surface area (Å²) >= 11 is 3.52. The highest BCUT2D eigenvalue weighted by Crippen LogP contribution is 2.35. The lowest BCUT2D eigenvalue weighted by atomic mass is 9.98. The Labute approximate surface area is 183 Å². The van der Waals surface area contributed by atoms with E-state index < -0.39 is 5.97 Å². The molecule has 2 heterocycles. The molecule has 0 spiro atoms. The number of fused-ring (bicyclic) bond motifs is 2. The first-order valence-corrected chi connectivity index (χ1v) is 10.7. The van der Waals surface area contributed by atoms with Crippen LogP contribution in [0.1, 0.15) is 34.2 Å². The minimum Gasteiger partial charge on any atom is -0.493 e. The van der Waals surface area contributed by atoms with Crippen molar-refractivity contribution in [2.75, 3.05) is 27.4 Å². The van der Waals surface area contributed by atoms with E-state index in [-0.39, 0.29) is 5.76 Å². The molecule has 1 aliphatic heterocycles. The molecule has 0 unspecified atom stereocenters. The second-order valence-corrected chi connectivity index (χ2v) is 8.12. The van der Waals surface area contributed by atoms with Crippen molar-refractivity contribution in [1.29, 1.82) is 0 Å². The number of carbonyl (C=O) groups is 1. The molecule has 6 nitrogen and oxygen atoms in total. The molecule has 0 amide bonds. The van der Waals surface area contributed by atoms with Crippen LogP contribution < -0.4 is 9.47 Å². The molecule has 2 aromatic carbocycles. The number of esters is 1. The first kappa shape index (κ1) is 20.8. The maximum Gasteiger partial charge on any atom is 0.374 e. The van der Waals surface area contributed by atoms with E-state index in [1.807, 2.05) is 24.3 Å². The third-order valence-electron chi connectivity index (χ3n) is 5.39. The number of carbonyl (C=O) groups excluding carboxylic acids is 1.